The van der Waals surface area contributed by atoms with Gasteiger partial charge < -0.3 is 4.74 Å². The molecule has 1 aliphatic rings. The fourth-order valence-electron chi connectivity index (χ4n) is 4.34. The normalized spacial score (nSPS) is 13.3. The third-order valence-electron chi connectivity index (χ3n) is 6.15. The van der Waals surface area contributed by atoms with Crippen LogP contribution in [0.2, 0.25) is 0 Å². The van der Waals surface area contributed by atoms with Crippen molar-refractivity contribution in [1.82, 2.24) is 9.55 Å². The second-order valence-corrected chi connectivity index (χ2v) is 10.4. The van der Waals surface area contributed by atoms with Gasteiger partial charge in [-0.15, -0.1) is 11.3 Å². The summed E-state index contributed by atoms with van der Waals surface area (Å²) in [7, 11) is 1.65. The SMILES string of the molecule is COc1ccc(-n2c(SCc3cc(C)ccc3C)nc3sc4c(c3c2=O)CCCC4)cc1. The molecule has 0 unspecified atom stereocenters. The molecule has 0 spiro atoms. The minimum Gasteiger partial charge on any atom is -0.497 e. The summed E-state index contributed by atoms with van der Waals surface area (Å²) in [5.74, 6) is 1.54. The van der Waals surface area contributed by atoms with Crippen LogP contribution in [0.5, 0.6) is 5.75 Å². The lowest BCUT2D eigenvalue weighted by molar-refractivity contribution is 0.414. The van der Waals surface area contributed by atoms with Crippen molar-refractivity contribution in [1.29, 1.82) is 0 Å². The van der Waals surface area contributed by atoms with Crippen molar-refractivity contribution in [2.45, 2.75) is 50.4 Å². The number of benzene rings is 2. The van der Waals surface area contributed by atoms with E-state index in [9.17, 15) is 4.79 Å². The fraction of sp³-hybridized carbons (Fsp3) is 0.308. The molecule has 2 aromatic heterocycles. The van der Waals surface area contributed by atoms with Crippen LogP contribution < -0.4 is 10.3 Å². The molecule has 0 fully saturated rings. The highest BCUT2D eigenvalue weighted by Crippen LogP contribution is 2.36. The maximum absolute atomic E-state index is 13.9. The smallest absolute Gasteiger partial charge is 0.267 e. The van der Waals surface area contributed by atoms with Crippen molar-refractivity contribution in [2.24, 2.45) is 0 Å². The van der Waals surface area contributed by atoms with Crippen LogP contribution in [0.4, 0.5) is 0 Å². The monoisotopic (exact) mass is 462 g/mol. The summed E-state index contributed by atoms with van der Waals surface area (Å²) in [5.41, 5.74) is 5.87. The Morgan fingerprint density at radius 2 is 1.88 bits per heavy atom. The van der Waals surface area contributed by atoms with Gasteiger partial charge in [0.2, 0.25) is 0 Å². The zero-order valence-corrected chi connectivity index (χ0v) is 20.2. The van der Waals surface area contributed by atoms with Crippen molar-refractivity contribution in [2.75, 3.05) is 7.11 Å². The molecule has 0 amide bonds. The van der Waals surface area contributed by atoms with E-state index < -0.39 is 0 Å². The molecule has 32 heavy (non-hydrogen) atoms. The molecule has 0 saturated carbocycles. The van der Waals surface area contributed by atoms with Crippen molar-refractivity contribution >= 4 is 33.3 Å². The Labute approximate surface area is 196 Å². The van der Waals surface area contributed by atoms with Gasteiger partial charge in [-0.05, 0) is 80.5 Å². The van der Waals surface area contributed by atoms with Crippen LogP contribution in [0.15, 0.2) is 52.4 Å². The summed E-state index contributed by atoms with van der Waals surface area (Å²) in [4.78, 5) is 21.1. The second kappa shape index (κ2) is 8.75. The summed E-state index contributed by atoms with van der Waals surface area (Å²) in [6, 6.07) is 14.2. The minimum atomic E-state index is 0.0445. The van der Waals surface area contributed by atoms with Crippen LogP contribution in [0.25, 0.3) is 15.9 Å². The van der Waals surface area contributed by atoms with Crippen LogP contribution in [0, 0.1) is 13.8 Å². The number of thioether (sulfide) groups is 1. The summed E-state index contributed by atoms with van der Waals surface area (Å²) in [5, 5.41) is 1.56. The quantitative estimate of drug-likeness (QED) is 0.260. The largest absolute Gasteiger partial charge is 0.497 e. The highest BCUT2D eigenvalue weighted by Gasteiger charge is 2.23. The van der Waals surface area contributed by atoms with Crippen LogP contribution >= 0.6 is 23.1 Å². The molecular formula is C26H26N2O2S2. The Kier molecular flexibility index (Phi) is 5.82. The molecule has 5 rings (SSSR count). The third-order valence-corrected chi connectivity index (χ3v) is 8.32. The maximum atomic E-state index is 13.9. The predicted octanol–water partition coefficient (Wildman–Crippen LogP) is 6.24. The van der Waals surface area contributed by atoms with Gasteiger partial charge in [-0.2, -0.15) is 0 Å². The van der Waals surface area contributed by atoms with E-state index in [4.69, 9.17) is 9.72 Å². The molecular weight excluding hydrogens is 436 g/mol. The Morgan fingerprint density at radius 1 is 1.09 bits per heavy atom. The molecule has 2 aromatic carbocycles. The van der Waals surface area contributed by atoms with Gasteiger partial charge in [-0.1, -0.05) is 35.5 Å². The van der Waals surface area contributed by atoms with E-state index >= 15 is 0 Å². The molecule has 4 nitrogen and oxygen atoms in total. The topological polar surface area (TPSA) is 44.1 Å². The summed E-state index contributed by atoms with van der Waals surface area (Å²) in [6.45, 7) is 4.25. The molecule has 0 radical (unpaired) electrons. The van der Waals surface area contributed by atoms with E-state index in [1.165, 1.54) is 33.6 Å². The number of fused-ring (bicyclic) bond motifs is 3. The van der Waals surface area contributed by atoms with Gasteiger partial charge in [0.25, 0.3) is 5.56 Å². The van der Waals surface area contributed by atoms with E-state index in [0.717, 1.165) is 51.8 Å². The number of aromatic nitrogens is 2. The zero-order valence-electron chi connectivity index (χ0n) is 18.6. The van der Waals surface area contributed by atoms with Crippen LogP contribution in [-0.4, -0.2) is 16.7 Å². The third kappa shape index (κ3) is 3.86. The number of methoxy groups -OCH3 is 1. The van der Waals surface area contributed by atoms with Crippen LogP contribution in [0.3, 0.4) is 0 Å². The number of rotatable bonds is 5. The lowest BCUT2D eigenvalue weighted by atomic mass is 9.97. The van der Waals surface area contributed by atoms with Crippen molar-refractivity contribution in [3.05, 3.63) is 79.9 Å². The Hall–Kier alpha value is -2.57. The Bertz CT molecular complexity index is 1350. The van der Waals surface area contributed by atoms with E-state index in [0.29, 0.717) is 0 Å². The molecule has 4 aromatic rings. The van der Waals surface area contributed by atoms with Crippen molar-refractivity contribution < 1.29 is 4.74 Å². The summed E-state index contributed by atoms with van der Waals surface area (Å²) in [6.07, 6.45) is 4.37. The first kappa shape index (κ1) is 21.3. The van der Waals surface area contributed by atoms with Gasteiger partial charge in [0.05, 0.1) is 18.2 Å². The van der Waals surface area contributed by atoms with E-state index in [-0.39, 0.29) is 5.56 Å². The molecule has 2 heterocycles. The maximum Gasteiger partial charge on any atom is 0.267 e. The van der Waals surface area contributed by atoms with Crippen LogP contribution in [-0.2, 0) is 18.6 Å². The molecule has 6 heteroatoms. The minimum absolute atomic E-state index is 0.0445. The summed E-state index contributed by atoms with van der Waals surface area (Å²) < 4.78 is 7.11. The number of nitrogens with zero attached hydrogens (tertiary/aromatic N) is 2. The van der Waals surface area contributed by atoms with E-state index in [2.05, 4.69) is 32.0 Å². The van der Waals surface area contributed by atoms with Crippen molar-refractivity contribution in [3.63, 3.8) is 0 Å². The standard InChI is InChI=1S/C26H26N2O2S2/c1-16-8-9-17(2)18(14-16)15-31-26-27-24-23(21-6-4-5-7-22(21)32-24)25(29)28(26)19-10-12-20(30-3)13-11-19/h8-14H,4-7,15H2,1-3H3. The zero-order chi connectivity index (χ0) is 22.2. The highest BCUT2D eigenvalue weighted by molar-refractivity contribution is 7.98. The van der Waals surface area contributed by atoms with Crippen LogP contribution in [0.1, 0.15) is 40.0 Å². The van der Waals surface area contributed by atoms with Gasteiger partial charge in [-0.25, -0.2) is 4.98 Å². The molecule has 1 aliphatic carbocycles. The Morgan fingerprint density at radius 3 is 2.66 bits per heavy atom. The highest BCUT2D eigenvalue weighted by atomic mass is 32.2. The number of hydrogen-bond acceptors (Lipinski definition) is 5. The second-order valence-electron chi connectivity index (χ2n) is 8.34. The van der Waals surface area contributed by atoms with Gasteiger partial charge in [0, 0.05) is 10.6 Å². The number of hydrogen-bond donors (Lipinski definition) is 0. The van der Waals surface area contributed by atoms with E-state index in [1.54, 1.807) is 34.8 Å². The lowest BCUT2D eigenvalue weighted by Crippen LogP contribution is -2.22. The molecule has 0 atom stereocenters. The number of ether oxygens (including phenoxy) is 1. The molecule has 0 N–H and O–H groups in total. The lowest BCUT2D eigenvalue weighted by Gasteiger charge is -2.14. The predicted molar refractivity (Wildman–Crippen MR) is 134 cm³/mol. The van der Waals surface area contributed by atoms with Gasteiger partial charge in [0.15, 0.2) is 5.16 Å². The Balaban J connectivity index is 1.65. The molecule has 0 aliphatic heterocycles. The van der Waals surface area contributed by atoms with Crippen molar-refractivity contribution in [3.8, 4) is 11.4 Å². The first-order valence-corrected chi connectivity index (χ1v) is 12.8. The first-order chi connectivity index (χ1) is 15.5. The summed E-state index contributed by atoms with van der Waals surface area (Å²) >= 11 is 3.34. The average Bonchev–Trinajstić information content (AvgIpc) is 3.18. The molecule has 164 valence electrons. The first-order valence-electron chi connectivity index (χ1n) is 11.0. The average molecular weight is 463 g/mol. The van der Waals surface area contributed by atoms with Gasteiger partial charge in [0.1, 0.15) is 10.6 Å². The number of aryl methyl sites for hydroxylation is 4. The van der Waals surface area contributed by atoms with E-state index in [1.807, 2.05) is 24.3 Å². The molecule has 0 bridgehead atoms. The fourth-order valence-corrected chi connectivity index (χ4v) is 6.72. The number of thiophene rings is 1. The molecule has 0 saturated heterocycles. The van der Waals surface area contributed by atoms with Gasteiger partial charge >= 0.3 is 0 Å². The van der Waals surface area contributed by atoms with Gasteiger partial charge in [-0.3, -0.25) is 9.36 Å².